The quantitative estimate of drug-likeness (QED) is 0.869. The maximum atomic E-state index is 12.8. The second kappa shape index (κ2) is 6.95. The van der Waals surface area contributed by atoms with Crippen molar-refractivity contribution in [2.45, 2.75) is 38.0 Å². The monoisotopic (exact) mass is 347 g/mol. The third-order valence-electron chi connectivity index (χ3n) is 4.33. The van der Waals surface area contributed by atoms with Crippen LogP contribution in [0.25, 0.3) is 0 Å². The standard InChI is InChI=1S/C19H25NO3S/c1-14-11-17(23-5)18(12-15(14)2)24(21,22)20-13-19(3,4)16-9-7-6-8-10-16/h6-12,20H,13H2,1-5H3. The van der Waals surface area contributed by atoms with Crippen LogP contribution in [0, 0.1) is 13.8 Å². The van der Waals surface area contributed by atoms with Crippen molar-refractivity contribution in [2.24, 2.45) is 0 Å². The van der Waals surface area contributed by atoms with Crippen LogP contribution in [0.3, 0.4) is 0 Å². The summed E-state index contributed by atoms with van der Waals surface area (Å²) in [5, 5.41) is 0. The van der Waals surface area contributed by atoms with Gasteiger partial charge in [-0.25, -0.2) is 13.1 Å². The number of rotatable bonds is 6. The summed E-state index contributed by atoms with van der Waals surface area (Å²) in [6, 6.07) is 13.3. The summed E-state index contributed by atoms with van der Waals surface area (Å²) in [7, 11) is -2.18. The SMILES string of the molecule is COc1cc(C)c(C)cc1S(=O)(=O)NCC(C)(C)c1ccccc1. The Balaban J connectivity index is 2.28. The van der Waals surface area contributed by atoms with Gasteiger partial charge in [-0.05, 0) is 42.7 Å². The van der Waals surface area contributed by atoms with Gasteiger partial charge in [0.2, 0.25) is 10.0 Å². The molecule has 2 aromatic carbocycles. The molecule has 0 aliphatic rings. The lowest BCUT2D eigenvalue weighted by Gasteiger charge is -2.26. The van der Waals surface area contributed by atoms with Crippen molar-refractivity contribution in [3.8, 4) is 5.75 Å². The van der Waals surface area contributed by atoms with Gasteiger partial charge in [-0.1, -0.05) is 44.2 Å². The Morgan fingerprint density at radius 2 is 1.62 bits per heavy atom. The topological polar surface area (TPSA) is 55.4 Å². The lowest BCUT2D eigenvalue weighted by molar-refractivity contribution is 0.401. The highest BCUT2D eigenvalue weighted by molar-refractivity contribution is 7.89. The summed E-state index contributed by atoms with van der Waals surface area (Å²) in [5.41, 5.74) is 2.68. The molecule has 0 bridgehead atoms. The Bertz CT molecular complexity index is 812. The highest BCUT2D eigenvalue weighted by Crippen LogP contribution is 2.28. The number of ether oxygens (including phenoxy) is 1. The van der Waals surface area contributed by atoms with Crippen LogP contribution in [-0.2, 0) is 15.4 Å². The van der Waals surface area contributed by atoms with Crippen molar-refractivity contribution >= 4 is 10.0 Å². The first-order chi connectivity index (χ1) is 11.2. The molecule has 0 heterocycles. The van der Waals surface area contributed by atoms with Crippen LogP contribution < -0.4 is 9.46 Å². The number of sulfonamides is 1. The van der Waals surface area contributed by atoms with Gasteiger partial charge in [-0.15, -0.1) is 0 Å². The number of hydrogen-bond donors (Lipinski definition) is 1. The number of benzene rings is 2. The van der Waals surface area contributed by atoms with Crippen LogP contribution in [0.15, 0.2) is 47.4 Å². The van der Waals surface area contributed by atoms with Gasteiger partial charge in [0.15, 0.2) is 0 Å². The molecule has 130 valence electrons. The Kier molecular flexibility index (Phi) is 5.35. The fourth-order valence-corrected chi connectivity index (χ4v) is 3.92. The van der Waals surface area contributed by atoms with Gasteiger partial charge < -0.3 is 4.74 Å². The highest BCUT2D eigenvalue weighted by atomic mass is 32.2. The van der Waals surface area contributed by atoms with Crippen molar-refractivity contribution in [1.82, 2.24) is 4.72 Å². The Labute approximate surface area is 144 Å². The molecule has 0 amide bonds. The fraction of sp³-hybridized carbons (Fsp3) is 0.368. The smallest absolute Gasteiger partial charge is 0.244 e. The molecular weight excluding hydrogens is 322 g/mol. The number of hydrogen-bond acceptors (Lipinski definition) is 3. The summed E-state index contributed by atoms with van der Waals surface area (Å²) in [5.74, 6) is 0.364. The van der Waals surface area contributed by atoms with Gasteiger partial charge in [0.25, 0.3) is 0 Å². The molecule has 0 spiro atoms. The molecule has 2 aromatic rings. The molecule has 0 saturated carbocycles. The van der Waals surface area contributed by atoms with Gasteiger partial charge in [0.1, 0.15) is 10.6 Å². The van der Waals surface area contributed by atoms with Crippen molar-refractivity contribution < 1.29 is 13.2 Å². The lowest BCUT2D eigenvalue weighted by atomic mass is 9.85. The third-order valence-corrected chi connectivity index (χ3v) is 5.75. The number of methoxy groups -OCH3 is 1. The first-order valence-corrected chi connectivity index (χ1v) is 9.36. The first-order valence-electron chi connectivity index (χ1n) is 7.88. The van der Waals surface area contributed by atoms with E-state index >= 15 is 0 Å². The molecule has 2 rings (SSSR count). The first kappa shape index (κ1) is 18.5. The van der Waals surface area contributed by atoms with E-state index in [0.717, 1.165) is 16.7 Å². The molecule has 5 heteroatoms. The van der Waals surface area contributed by atoms with Gasteiger partial charge in [-0.2, -0.15) is 0 Å². The molecule has 24 heavy (non-hydrogen) atoms. The lowest BCUT2D eigenvalue weighted by Crippen LogP contribution is -2.36. The molecule has 4 nitrogen and oxygen atoms in total. The van der Waals surface area contributed by atoms with Gasteiger partial charge in [0, 0.05) is 12.0 Å². The minimum absolute atomic E-state index is 0.178. The van der Waals surface area contributed by atoms with Crippen LogP contribution in [0.4, 0.5) is 0 Å². The van der Waals surface area contributed by atoms with Crippen LogP contribution in [0.2, 0.25) is 0 Å². The minimum atomic E-state index is -3.66. The molecule has 0 aliphatic heterocycles. The zero-order chi connectivity index (χ0) is 18.0. The summed E-state index contributed by atoms with van der Waals surface area (Å²) >= 11 is 0. The molecule has 1 N–H and O–H groups in total. The molecule has 0 aliphatic carbocycles. The van der Waals surface area contributed by atoms with E-state index < -0.39 is 10.0 Å². The Morgan fingerprint density at radius 1 is 1.04 bits per heavy atom. The summed E-state index contributed by atoms with van der Waals surface area (Å²) < 4.78 is 33.5. The summed E-state index contributed by atoms with van der Waals surface area (Å²) in [4.78, 5) is 0.178. The van der Waals surface area contributed by atoms with Gasteiger partial charge in [0.05, 0.1) is 7.11 Å². The van der Waals surface area contributed by atoms with E-state index in [1.54, 1.807) is 12.1 Å². The second-order valence-corrected chi connectivity index (χ2v) is 8.40. The summed E-state index contributed by atoms with van der Waals surface area (Å²) in [6.45, 7) is 8.16. The van der Waals surface area contributed by atoms with Crippen molar-refractivity contribution in [3.05, 3.63) is 59.2 Å². The Hall–Kier alpha value is -1.85. The largest absolute Gasteiger partial charge is 0.495 e. The molecule has 0 fully saturated rings. The van der Waals surface area contributed by atoms with Crippen LogP contribution in [0.5, 0.6) is 5.75 Å². The van der Waals surface area contributed by atoms with Crippen molar-refractivity contribution in [3.63, 3.8) is 0 Å². The van der Waals surface area contributed by atoms with E-state index in [9.17, 15) is 8.42 Å². The predicted octanol–water partition coefficient (Wildman–Crippen LogP) is 3.57. The Morgan fingerprint density at radius 3 is 2.21 bits per heavy atom. The fourth-order valence-electron chi connectivity index (χ4n) is 2.48. The second-order valence-electron chi connectivity index (χ2n) is 6.66. The normalized spacial score (nSPS) is 12.2. The predicted molar refractivity (Wildman–Crippen MR) is 97.1 cm³/mol. The van der Waals surface area contributed by atoms with E-state index in [1.165, 1.54) is 7.11 Å². The summed E-state index contributed by atoms with van der Waals surface area (Å²) in [6.07, 6.45) is 0. The van der Waals surface area contributed by atoms with E-state index in [2.05, 4.69) is 4.72 Å². The van der Waals surface area contributed by atoms with Crippen molar-refractivity contribution in [2.75, 3.05) is 13.7 Å². The van der Waals surface area contributed by atoms with E-state index in [1.807, 2.05) is 58.0 Å². The van der Waals surface area contributed by atoms with Crippen LogP contribution in [0.1, 0.15) is 30.5 Å². The average Bonchev–Trinajstić information content (AvgIpc) is 2.56. The molecule has 0 atom stereocenters. The van der Waals surface area contributed by atoms with E-state index in [0.29, 0.717) is 12.3 Å². The van der Waals surface area contributed by atoms with E-state index in [4.69, 9.17) is 4.74 Å². The van der Waals surface area contributed by atoms with Crippen LogP contribution in [-0.4, -0.2) is 22.1 Å². The van der Waals surface area contributed by atoms with E-state index in [-0.39, 0.29) is 10.3 Å². The minimum Gasteiger partial charge on any atom is -0.495 e. The number of aryl methyl sites for hydroxylation is 2. The molecule has 0 aromatic heterocycles. The molecular formula is C19H25NO3S. The molecule has 0 saturated heterocycles. The van der Waals surface area contributed by atoms with Gasteiger partial charge in [-0.3, -0.25) is 0 Å². The van der Waals surface area contributed by atoms with Crippen molar-refractivity contribution in [1.29, 1.82) is 0 Å². The zero-order valence-electron chi connectivity index (χ0n) is 14.9. The van der Waals surface area contributed by atoms with Crippen LogP contribution >= 0.6 is 0 Å². The highest BCUT2D eigenvalue weighted by Gasteiger charge is 2.26. The average molecular weight is 347 g/mol. The van der Waals surface area contributed by atoms with Gasteiger partial charge >= 0.3 is 0 Å². The molecule has 0 unspecified atom stereocenters. The maximum Gasteiger partial charge on any atom is 0.244 e. The third kappa shape index (κ3) is 3.97. The maximum absolute atomic E-state index is 12.8. The zero-order valence-corrected chi connectivity index (χ0v) is 15.7. The number of nitrogens with one attached hydrogen (secondary N) is 1. The molecule has 0 radical (unpaired) electrons.